The van der Waals surface area contributed by atoms with Gasteiger partial charge in [0.2, 0.25) is 0 Å². The molecule has 96 valence electrons. The van der Waals surface area contributed by atoms with Crippen LogP contribution in [0.4, 0.5) is 0 Å². The van der Waals surface area contributed by atoms with Gasteiger partial charge in [0.05, 0.1) is 18.1 Å². The summed E-state index contributed by atoms with van der Waals surface area (Å²) in [5.74, 6) is 0.406. The van der Waals surface area contributed by atoms with Crippen molar-refractivity contribution in [2.24, 2.45) is 7.05 Å². The highest BCUT2D eigenvalue weighted by Crippen LogP contribution is 2.26. The average molecular weight is 294 g/mol. The van der Waals surface area contributed by atoms with E-state index in [0.29, 0.717) is 20.9 Å². The Kier molecular flexibility index (Phi) is 2.92. The van der Waals surface area contributed by atoms with Gasteiger partial charge < -0.3 is 4.98 Å². The molecule has 0 radical (unpaired) electrons. The van der Waals surface area contributed by atoms with Crippen molar-refractivity contribution in [2.75, 3.05) is 0 Å². The van der Waals surface area contributed by atoms with Crippen LogP contribution in [0.1, 0.15) is 0 Å². The highest BCUT2D eigenvalue weighted by Gasteiger charge is 2.10. The fourth-order valence-corrected chi connectivity index (χ4v) is 2.48. The lowest BCUT2D eigenvalue weighted by Gasteiger charge is -1.99. The molecule has 3 heterocycles. The van der Waals surface area contributed by atoms with Crippen LogP contribution in [0.25, 0.3) is 22.1 Å². The molecule has 0 saturated heterocycles. The summed E-state index contributed by atoms with van der Waals surface area (Å²) in [4.78, 5) is 22.8. The van der Waals surface area contributed by atoms with Crippen LogP contribution in [0, 0.1) is 0 Å². The van der Waals surface area contributed by atoms with Crippen molar-refractivity contribution in [3.63, 3.8) is 0 Å². The predicted octanol–water partition coefficient (Wildman–Crippen LogP) is 1.95. The normalized spacial score (nSPS) is 10.8. The number of H-pyrrole nitrogens is 1. The zero-order valence-corrected chi connectivity index (χ0v) is 11.4. The molecule has 0 aromatic carbocycles. The molecule has 0 spiro atoms. The van der Waals surface area contributed by atoms with Crippen molar-refractivity contribution in [2.45, 2.75) is 0 Å². The Labute approximate surface area is 116 Å². The van der Waals surface area contributed by atoms with Crippen molar-refractivity contribution in [3.05, 3.63) is 39.3 Å². The highest BCUT2D eigenvalue weighted by molar-refractivity contribution is 7.18. The van der Waals surface area contributed by atoms with Crippen molar-refractivity contribution >= 4 is 22.9 Å². The number of rotatable bonds is 2. The van der Waals surface area contributed by atoms with Crippen LogP contribution in [0.15, 0.2) is 29.5 Å². The molecular weight excluding hydrogens is 286 g/mol. The van der Waals surface area contributed by atoms with E-state index in [9.17, 15) is 4.79 Å². The molecule has 3 aromatic rings. The second kappa shape index (κ2) is 4.60. The fourth-order valence-electron chi connectivity index (χ4n) is 1.62. The Morgan fingerprint density at radius 3 is 2.89 bits per heavy atom. The van der Waals surface area contributed by atoms with E-state index >= 15 is 0 Å². The third-order valence-corrected chi connectivity index (χ3v) is 3.54. The van der Waals surface area contributed by atoms with Gasteiger partial charge in [-0.2, -0.15) is 5.10 Å². The smallest absolute Gasteiger partial charge is 0.251 e. The van der Waals surface area contributed by atoms with Gasteiger partial charge in [-0.25, -0.2) is 9.97 Å². The molecule has 0 unspecified atom stereocenters. The molecule has 0 bridgehead atoms. The van der Waals surface area contributed by atoms with Gasteiger partial charge in [-0.05, 0) is 0 Å². The van der Waals surface area contributed by atoms with Gasteiger partial charge in [-0.1, -0.05) is 22.9 Å². The number of aromatic nitrogens is 5. The monoisotopic (exact) mass is 293 g/mol. The Hall–Kier alpha value is -1.99. The van der Waals surface area contributed by atoms with Gasteiger partial charge >= 0.3 is 0 Å². The third-order valence-electron chi connectivity index (χ3n) is 2.42. The largest absolute Gasteiger partial charge is 0.304 e. The number of hydrogen-bond donors (Lipinski definition) is 1. The highest BCUT2D eigenvalue weighted by atomic mass is 35.5. The maximum atomic E-state index is 11.7. The molecule has 0 atom stereocenters. The Morgan fingerprint density at radius 2 is 2.26 bits per heavy atom. The van der Waals surface area contributed by atoms with Gasteiger partial charge in [0, 0.05) is 24.9 Å². The summed E-state index contributed by atoms with van der Waals surface area (Å²) in [6.45, 7) is 0. The van der Waals surface area contributed by atoms with Gasteiger partial charge in [-0.15, -0.1) is 0 Å². The molecular formula is C11H8ClN5OS. The van der Waals surface area contributed by atoms with E-state index in [4.69, 9.17) is 11.6 Å². The molecule has 0 aliphatic carbocycles. The number of nitrogens with zero attached hydrogens (tertiary/aromatic N) is 4. The SMILES string of the molecule is Cn1cc(-c2cc(=O)[nH]c(-c3ncc(Cl)s3)n2)cn1. The van der Waals surface area contributed by atoms with E-state index in [1.54, 1.807) is 24.1 Å². The summed E-state index contributed by atoms with van der Waals surface area (Å²) in [7, 11) is 1.80. The first-order chi connectivity index (χ1) is 9.11. The Morgan fingerprint density at radius 1 is 1.42 bits per heavy atom. The Balaban J connectivity index is 2.13. The molecule has 0 amide bonds. The fraction of sp³-hybridized carbons (Fsp3) is 0.0909. The summed E-state index contributed by atoms with van der Waals surface area (Å²) in [5.41, 5.74) is 1.09. The molecule has 0 saturated carbocycles. The molecule has 0 aliphatic heterocycles. The first-order valence-corrected chi connectivity index (χ1v) is 6.53. The zero-order chi connectivity index (χ0) is 13.4. The summed E-state index contributed by atoms with van der Waals surface area (Å²) >= 11 is 7.09. The van der Waals surface area contributed by atoms with Crippen molar-refractivity contribution in [1.29, 1.82) is 0 Å². The topological polar surface area (TPSA) is 76.5 Å². The summed E-state index contributed by atoms with van der Waals surface area (Å²) in [6, 6.07) is 1.43. The number of aromatic amines is 1. The maximum Gasteiger partial charge on any atom is 0.251 e. The van der Waals surface area contributed by atoms with Gasteiger partial charge in [0.25, 0.3) is 5.56 Å². The first-order valence-electron chi connectivity index (χ1n) is 5.34. The van der Waals surface area contributed by atoms with Crippen LogP contribution >= 0.6 is 22.9 Å². The van der Waals surface area contributed by atoms with Crippen molar-refractivity contribution < 1.29 is 0 Å². The zero-order valence-electron chi connectivity index (χ0n) is 9.79. The van der Waals surface area contributed by atoms with Crippen LogP contribution < -0.4 is 5.56 Å². The molecule has 3 rings (SSSR count). The van der Waals surface area contributed by atoms with Gasteiger partial charge in [-0.3, -0.25) is 9.48 Å². The standard InChI is InChI=1S/C11H8ClN5OS/c1-17-5-6(3-14-17)7-2-9(18)16-10(15-7)11-13-4-8(12)19-11/h2-5H,1H3,(H,15,16,18). The molecule has 3 aromatic heterocycles. The van der Waals surface area contributed by atoms with Crippen LogP contribution in [-0.2, 0) is 7.05 Å². The van der Waals surface area contributed by atoms with Crippen LogP contribution in [0.2, 0.25) is 4.34 Å². The number of aryl methyl sites for hydroxylation is 1. The second-order valence-electron chi connectivity index (χ2n) is 3.85. The predicted molar refractivity (Wildman–Crippen MR) is 73.2 cm³/mol. The maximum absolute atomic E-state index is 11.7. The molecule has 8 heteroatoms. The second-order valence-corrected chi connectivity index (χ2v) is 5.51. The van der Waals surface area contributed by atoms with E-state index < -0.39 is 0 Å². The van der Waals surface area contributed by atoms with Gasteiger partial charge in [0.15, 0.2) is 10.8 Å². The van der Waals surface area contributed by atoms with E-state index in [0.717, 1.165) is 5.56 Å². The summed E-state index contributed by atoms with van der Waals surface area (Å²) in [6.07, 6.45) is 4.97. The van der Waals surface area contributed by atoms with Crippen LogP contribution in [0.5, 0.6) is 0 Å². The average Bonchev–Trinajstić information content (AvgIpc) is 2.97. The molecule has 6 nitrogen and oxygen atoms in total. The molecule has 0 fully saturated rings. The number of thiazole rings is 1. The van der Waals surface area contributed by atoms with Gasteiger partial charge in [0.1, 0.15) is 4.34 Å². The lowest BCUT2D eigenvalue weighted by molar-refractivity contribution is 0.768. The third kappa shape index (κ3) is 2.42. The minimum Gasteiger partial charge on any atom is -0.304 e. The van der Waals surface area contributed by atoms with Crippen LogP contribution in [-0.4, -0.2) is 24.7 Å². The lowest BCUT2D eigenvalue weighted by Crippen LogP contribution is -2.08. The first kappa shape index (κ1) is 12.1. The summed E-state index contributed by atoms with van der Waals surface area (Å²) in [5, 5.41) is 4.64. The number of nitrogens with one attached hydrogen (secondary N) is 1. The Bertz CT molecular complexity index is 729. The van der Waals surface area contributed by atoms with E-state index in [1.807, 2.05) is 0 Å². The number of halogens is 1. The van der Waals surface area contributed by atoms with Crippen molar-refractivity contribution in [3.8, 4) is 22.1 Å². The van der Waals surface area contributed by atoms with E-state index in [2.05, 4.69) is 20.1 Å². The number of hydrogen-bond acceptors (Lipinski definition) is 5. The minimum atomic E-state index is -0.241. The quantitative estimate of drug-likeness (QED) is 0.783. The molecule has 1 N–H and O–H groups in total. The van der Waals surface area contributed by atoms with Crippen LogP contribution in [0.3, 0.4) is 0 Å². The molecule has 19 heavy (non-hydrogen) atoms. The van der Waals surface area contributed by atoms with Crippen molar-refractivity contribution in [1.82, 2.24) is 24.7 Å². The molecule has 0 aliphatic rings. The van der Waals surface area contributed by atoms with E-state index in [-0.39, 0.29) is 5.56 Å². The van der Waals surface area contributed by atoms with E-state index in [1.165, 1.54) is 23.6 Å². The lowest BCUT2D eigenvalue weighted by atomic mass is 10.2. The minimum absolute atomic E-state index is 0.241. The summed E-state index contributed by atoms with van der Waals surface area (Å²) < 4.78 is 2.20.